The van der Waals surface area contributed by atoms with Gasteiger partial charge in [-0.1, -0.05) is 18.2 Å². The highest BCUT2D eigenvalue weighted by atomic mass is 16.4. The van der Waals surface area contributed by atoms with Crippen LogP contribution in [0, 0.1) is 0 Å². The van der Waals surface area contributed by atoms with Gasteiger partial charge in [-0.05, 0) is 11.6 Å². The molecule has 0 aliphatic heterocycles. The third kappa shape index (κ3) is 3.85. The first kappa shape index (κ1) is 13.1. The first-order chi connectivity index (χ1) is 8.33. The number of hydrogen-bond acceptors (Lipinski definition) is 4. The van der Waals surface area contributed by atoms with E-state index >= 15 is 0 Å². The number of hydrogen-bond donors (Lipinski definition) is 1. The summed E-state index contributed by atoms with van der Waals surface area (Å²) in [5, 5.41) is 11.9. The molecule has 1 N–H and O–H groups in total. The van der Waals surface area contributed by atoms with Gasteiger partial charge in [0.2, 0.25) is 0 Å². The van der Waals surface area contributed by atoms with Crippen molar-refractivity contribution in [1.82, 2.24) is 9.88 Å². The average molecular weight is 231 g/mol. The lowest BCUT2D eigenvalue weighted by molar-refractivity contribution is 0.284. The molecule has 17 heavy (non-hydrogen) atoms. The Bertz CT molecular complexity index is 366. The van der Waals surface area contributed by atoms with Gasteiger partial charge in [-0.3, -0.25) is 9.88 Å². The molecule has 0 spiro atoms. The van der Waals surface area contributed by atoms with Crippen LogP contribution in [0.3, 0.4) is 0 Å². The van der Waals surface area contributed by atoms with E-state index in [1.165, 1.54) is 6.21 Å². The van der Waals surface area contributed by atoms with Gasteiger partial charge >= 0.3 is 0 Å². The van der Waals surface area contributed by atoms with Gasteiger partial charge in [0.15, 0.2) is 0 Å². The summed E-state index contributed by atoms with van der Waals surface area (Å²) in [6, 6.07) is 3.66. The van der Waals surface area contributed by atoms with Crippen LogP contribution in [0.2, 0.25) is 0 Å². The molecule has 90 valence electrons. The van der Waals surface area contributed by atoms with Crippen LogP contribution in [0.4, 0.5) is 0 Å². The summed E-state index contributed by atoms with van der Waals surface area (Å²) >= 11 is 0. The van der Waals surface area contributed by atoms with Gasteiger partial charge < -0.3 is 5.21 Å². The van der Waals surface area contributed by atoms with E-state index in [0.717, 1.165) is 5.56 Å². The molecule has 1 heterocycles. The van der Waals surface area contributed by atoms with E-state index in [2.05, 4.69) is 28.2 Å². The van der Waals surface area contributed by atoms with Crippen molar-refractivity contribution in [3.05, 3.63) is 55.4 Å². The zero-order valence-corrected chi connectivity index (χ0v) is 9.74. The summed E-state index contributed by atoms with van der Waals surface area (Å²) in [6.45, 7) is 8.80. The van der Waals surface area contributed by atoms with Crippen LogP contribution in [-0.4, -0.2) is 34.4 Å². The number of pyridine rings is 1. The molecule has 4 nitrogen and oxygen atoms in total. The Balaban J connectivity index is 2.97. The van der Waals surface area contributed by atoms with Gasteiger partial charge in [-0.2, -0.15) is 0 Å². The normalized spacial score (nSPS) is 12.8. The molecule has 0 amide bonds. The van der Waals surface area contributed by atoms with Gasteiger partial charge in [0.1, 0.15) is 0 Å². The molecule has 0 bridgehead atoms. The predicted molar refractivity (Wildman–Crippen MR) is 69.2 cm³/mol. The maximum Gasteiger partial charge on any atom is 0.0759 e. The highest BCUT2D eigenvalue weighted by Gasteiger charge is 2.16. The second kappa shape index (κ2) is 7.35. The fraction of sp³-hybridized carbons (Fsp3) is 0.231. The van der Waals surface area contributed by atoms with E-state index in [4.69, 9.17) is 5.21 Å². The number of rotatable bonds is 7. The van der Waals surface area contributed by atoms with E-state index in [-0.39, 0.29) is 6.04 Å². The van der Waals surface area contributed by atoms with Crippen LogP contribution in [-0.2, 0) is 0 Å². The molecule has 4 heteroatoms. The van der Waals surface area contributed by atoms with Crippen molar-refractivity contribution in [2.45, 2.75) is 6.04 Å². The van der Waals surface area contributed by atoms with Crippen molar-refractivity contribution in [3.8, 4) is 0 Å². The van der Waals surface area contributed by atoms with Gasteiger partial charge in [0.25, 0.3) is 0 Å². The lowest BCUT2D eigenvalue weighted by atomic mass is 10.1. The number of nitrogens with zero attached hydrogens (tertiary/aromatic N) is 3. The average Bonchev–Trinajstić information content (AvgIpc) is 2.37. The second-order valence-electron chi connectivity index (χ2n) is 3.53. The van der Waals surface area contributed by atoms with Crippen molar-refractivity contribution >= 4 is 6.21 Å². The molecule has 0 radical (unpaired) electrons. The van der Waals surface area contributed by atoms with Crippen molar-refractivity contribution < 1.29 is 5.21 Å². The smallest absolute Gasteiger partial charge is 0.0759 e. The van der Waals surface area contributed by atoms with Gasteiger partial charge in [-0.25, -0.2) is 0 Å². The zero-order chi connectivity index (χ0) is 12.5. The third-order valence-electron chi connectivity index (χ3n) is 2.35. The van der Waals surface area contributed by atoms with Crippen molar-refractivity contribution in [1.29, 1.82) is 0 Å². The largest absolute Gasteiger partial charge is 0.411 e. The standard InChI is InChI=1S/C13H17N3O/c1-3-8-16(9-4-2)13(11-15-17)12-6-5-7-14-10-12/h3-7,10-11,13,17H,1-2,8-9H2. The molecule has 1 aromatic heterocycles. The Kier molecular flexibility index (Phi) is 5.68. The lowest BCUT2D eigenvalue weighted by Gasteiger charge is -2.26. The molecular weight excluding hydrogens is 214 g/mol. The van der Waals surface area contributed by atoms with Crippen LogP contribution in [0.5, 0.6) is 0 Å². The van der Waals surface area contributed by atoms with Gasteiger partial charge in [-0.15, -0.1) is 18.3 Å². The van der Waals surface area contributed by atoms with Crippen LogP contribution in [0.25, 0.3) is 0 Å². The summed E-state index contributed by atoms with van der Waals surface area (Å²) in [7, 11) is 0. The van der Waals surface area contributed by atoms with E-state index in [0.29, 0.717) is 13.1 Å². The maximum absolute atomic E-state index is 8.75. The molecule has 0 saturated heterocycles. The molecular formula is C13H17N3O. The lowest BCUT2D eigenvalue weighted by Crippen LogP contribution is -2.30. The molecule has 1 rings (SSSR count). The molecule has 0 fully saturated rings. The summed E-state index contributed by atoms with van der Waals surface area (Å²) in [4.78, 5) is 6.14. The zero-order valence-electron chi connectivity index (χ0n) is 9.74. The predicted octanol–water partition coefficient (Wildman–Crippen LogP) is 2.26. The maximum atomic E-state index is 8.75. The summed E-state index contributed by atoms with van der Waals surface area (Å²) in [6.07, 6.45) is 8.55. The Morgan fingerprint density at radius 3 is 2.59 bits per heavy atom. The van der Waals surface area contributed by atoms with Crippen molar-refractivity contribution in [3.63, 3.8) is 0 Å². The Labute approximate surface area is 102 Å². The van der Waals surface area contributed by atoms with Crippen LogP contribution in [0.1, 0.15) is 11.6 Å². The molecule has 0 saturated carbocycles. The minimum Gasteiger partial charge on any atom is -0.411 e. The van der Waals surface area contributed by atoms with Crippen LogP contribution in [0.15, 0.2) is 55.0 Å². The Morgan fingerprint density at radius 1 is 1.41 bits per heavy atom. The highest BCUT2D eigenvalue weighted by Crippen LogP contribution is 2.17. The molecule has 0 aromatic carbocycles. The third-order valence-corrected chi connectivity index (χ3v) is 2.35. The highest BCUT2D eigenvalue weighted by molar-refractivity contribution is 5.66. The van der Waals surface area contributed by atoms with Gasteiger partial charge in [0, 0.05) is 25.5 Å². The summed E-state index contributed by atoms with van der Waals surface area (Å²) in [5.41, 5.74) is 0.967. The molecule has 1 unspecified atom stereocenters. The topological polar surface area (TPSA) is 48.7 Å². The van der Waals surface area contributed by atoms with E-state index < -0.39 is 0 Å². The van der Waals surface area contributed by atoms with E-state index in [1.807, 2.05) is 12.1 Å². The minimum absolute atomic E-state index is 0.135. The second-order valence-corrected chi connectivity index (χ2v) is 3.53. The fourth-order valence-corrected chi connectivity index (χ4v) is 1.64. The molecule has 1 aromatic rings. The number of oxime groups is 1. The van der Waals surface area contributed by atoms with E-state index in [9.17, 15) is 0 Å². The Morgan fingerprint density at radius 2 is 2.12 bits per heavy atom. The SMILES string of the molecule is C=CCN(CC=C)C(C=NO)c1cccnc1. The van der Waals surface area contributed by atoms with Crippen molar-refractivity contribution in [2.75, 3.05) is 13.1 Å². The molecule has 0 aliphatic rings. The first-order valence-corrected chi connectivity index (χ1v) is 5.36. The van der Waals surface area contributed by atoms with E-state index in [1.54, 1.807) is 24.5 Å². The molecule has 0 aliphatic carbocycles. The summed E-state index contributed by atoms with van der Waals surface area (Å²) < 4.78 is 0. The van der Waals surface area contributed by atoms with Crippen molar-refractivity contribution in [2.24, 2.45) is 5.16 Å². The minimum atomic E-state index is -0.135. The van der Waals surface area contributed by atoms with Crippen LogP contribution < -0.4 is 0 Å². The van der Waals surface area contributed by atoms with Gasteiger partial charge in [0.05, 0.1) is 12.3 Å². The summed E-state index contributed by atoms with van der Waals surface area (Å²) in [5.74, 6) is 0. The monoisotopic (exact) mass is 231 g/mol. The Hall–Kier alpha value is -1.94. The molecule has 1 atom stereocenters. The number of aromatic nitrogens is 1. The fourth-order valence-electron chi connectivity index (χ4n) is 1.64. The van der Waals surface area contributed by atoms with Crippen LogP contribution >= 0.6 is 0 Å². The first-order valence-electron chi connectivity index (χ1n) is 5.36. The quantitative estimate of drug-likeness (QED) is 0.339.